The first-order valence-electron chi connectivity index (χ1n) is 7.43. The van der Waals surface area contributed by atoms with Crippen LogP contribution in [-0.4, -0.2) is 25.1 Å². The molecule has 0 bridgehead atoms. The Labute approximate surface area is 148 Å². The molecule has 0 atom stereocenters. The lowest BCUT2D eigenvalue weighted by Crippen LogP contribution is -2.41. The SMILES string of the molecule is COC(=O)c1cccc(CN=C(N)NC2CCCCC2)c1.I. The van der Waals surface area contributed by atoms with Crippen molar-refractivity contribution >= 4 is 35.9 Å². The minimum atomic E-state index is -0.339. The van der Waals surface area contributed by atoms with Gasteiger partial charge in [0.25, 0.3) is 0 Å². The van der Waals surface area contributed by atoms with Crippen LogP contribution in [0.2, 0.25) is 0 Å². The zero-order chi connectivity index (χ0) is 15.1. The van der Waals surface area contributed by atoms with Gasteiger partial charge >= 0.3 is 5.97 Å². The number of aliphatic imine (C=N–C) groups is 1. The molecule has 6 heteroatoms. The van der Waals surface area contributed by atoms with Crippen LogP contribution < -0.4 is 11.1 Å². The van der Waals surface area contributed by atoms with Gasteiger partial charge in [-0.2, -0.15) is 0 Å². The van der Waals surface area contributed by atoms with Crippen LogP contribution in [0.3, 0.4) is 0 Å². The van der Waals surface area contributed by atoms with Crippen LogP contribution in [0.1, 0.15) is 48.0 Å². The van der Waals surface area contributed by atoms with Crippen LogP contribution in [0, 0.1) is 0 Å². The van der Waals surface area contributed by atoms with Crippen LogP contribution in [0.5, 0.6) is 0 Å². The molecule has 1 saturated carbocycles. The molecular formula is C16H24IN3O2. The van der Waals surface area contributed by atoms with Gasteiger partial charge in [-0.1, -0.05) is 31.4 Å². The summed E-state index contributed by atoms with van der Waals surface area (Å²) in [6.07, 6.45) is 6.15. The molecule has 0 aliphatic heterocycles. The van der Waals surface area contributed by atoms with E-state index >= 15 is 0 Å². The number of carbonyl (C=O) groups excluding carboxylic acids is 1. The standard InChI is InChI=1S/C16H23N3O2.HI/c1-21-15(20)13-7-5-6-12(10-13)11-18-16(17)19-14-8-3-2-4-9-14;/h5-7,10,14H,2-4,8-9,11H2,1H3,(H3,17,18,19);1H. The maximum Gasteiger partial charge on any atom is 0.337 e. The Morgan fingerprint density at radius 2 is 2.09 bits per heavy atom. The lowest BCUT2D eigenvalue weighted by Gasteiger charge is -2.23. The number of benzene rings is 1. The highest BCUT2D eigenvalue weighted by molar-refractivity contribution is 14.0. The monoisotopic (exact) mass is 417 g/mol. The van der Waals surface area contributed by atoms with Gasteiger partial charge in [-0.3, -0.25) is 0 Å². The number of nitrogens with one attached hydrogen (secondary N) is 1. The van der Waals surface area contributed by atoms with E-state index in [0.29, 0.717) is 24.1 Å². The van der Waals surface area contributed by atoms with Gasteiger partial charge in [-0.15, -0.1) is 24.0 Å². The number of hydrogen-bond donors (Lipinski definition) is 2. The molecule has 1 aliphatic carbocycles. The van der Waals surface area contributed by atoms with Crippen molar-refractivity contribution in [1.82, 2.24) is 5.32 Å². The van der Waals surface area contributed by atoms with Crippen molar-refractivity contribution in [1.29, 1.82) is 0 Å². The zero-order valence-electron chi connectivity index (χ0n) is 12.9. The summed E-state index contributed by atoms with van der Waals surface area (Å²) in [5, 5.41) is 3.27. The molecule has 22 heavy (non-hydrogen) atoms. The molecule has 0 heterocycles. The van der Waals surface area contributed by atoms with E-state index in [2.05, 4.69) is 10.3 Å². The van der Waals surface area contributed by atoms with Crippen molar-refractivity contribution in [2.24, 2.45) is 10.7 Å². The van der Waals surface area contributed by atoms with Crippen LogP contribution in [0.15, 0.2) is 29.3 Å². The maximum absolute atomic E-state index is 11.5. The third kappa shape index (κ3) is 5.82. The van der Waals surface area contributed by atoms with E-state index in [0.717, 1.165) is 18.4 Å². The second-order valence-electron chi connectivity index (χ2n) is 5.37. The van der Waals surface area contributed by atoms with Gasteiger partial charge in [0.15, 0.2) is 5.96 Å². The van der Waals surface area contributed by atoms with Crippen LogP contribution in [-0.2, 0) is 11.3 Å². The molecule has 0 unspecified atom stereocenters. The topological polar surface area (TPSA) is 76.7 Å². The minimum absolute atomic E-state index is 0. The highest BCUT2D eigenvalue weighted by Gasteiger charge is 2.13. The molecule has 3 N–H and O–H groups in total. The number of nitrogens with zero attached hydrogens (tertiary/aromatic N) is 1. The molecule has 0 saturated heterocycles. The largest absolute Gasteiger partial charge is 0.465 e. The lowest BCUT2D eigenvalue weighted by atomic mass is 9.96. The number of rotatable bonds is 4. The molecule has 5 nitrogen and oxygen atoms in total. The fraction of sp³-hybridized carbons (Fsp3) is 0.500. The smallest absolute Gasteiger partial charge is 0.337 e. The molecule has 2 rings (SSSR count). The fourth-order valence-electron chi connectivity index (χ4n) is 2.59. The summed E-state index contributed by atoms with van der Waals surface area (Å²) in [6.45, 7) is 0.455. The third-order valence-corrected chi connectivity index (χ3v) is 3.74. The number of guanidine groups is 1. The van der Waals surface area contributed by atoms with Crippen molar-refractivity contribution in [3.8, 4) is 0 Å². The van der Waals surface area contributed by atoms with Crippen molar-refractivity contribution in [2.45, 2.75) is 44.7 Å². The Balaban J connectivity index is 0.00000242. The van der Waals surface area contributed by atoms with Crippen molar-refractivity contribution < 1.29 is 9.53 Å². The number of hydrogen-bond acceptors (Lipinski definition) is 3. The molecule has 1 aliphatic rings. The summed E-state index contributed by atoms with van der Waals surface area (Å²) in [5.74, 6) is 0.138. The molecule has 0 spiro atoms. The molecular weight excluding hydrogens is 393 g/mol. The van der Waals surface area contributed by atoms with Crippen LogP contribution in [0.4, 0.5) is 0 Å². The average molecular weight is 417 g/mol. The molecule has 0 amide bonds. The van der Waals surface area contributed by atoms with E-state index in [4.69, 9.17) is 10.5 Å². The zero-order valence-corrected chi connectivity index (χ0v) is 15.2. The first-order chi connectivity index (χ1) is 10.2. The average Bonchev–Trinajstić information content (AvgIpc) is 2.53. The summed E-state index contributed by atoms with van der Waals surface area (Å²) < 4.78 is 4.71. The van der Waals surface area contributed by atoms with E-state index in [-0.39, 0.29) is 29.9 Å². The fourth-order valence-corrected chi connectivity index (χ4v) is 2.59. The Bertz CT molecular complexity index is 514. The predicted octanol–water partition coefficient (Wildman–Crippen LogP) is 2.83. The Morgan fingerprint density at radius 1 is 1.36 bits per heavy atom. The van der Waals surface area contributed by atoms with Crippen LogP contribution >= 0.6 is 24.0 Å². The number of ether oxygens (including phenoxy) is 1. The normalized spacial score (nSPS) is 15.8. The van der Waals surface area contributed by atoms with Gasteiger partial charge in [0.05, 0.1) is 19.2 Å². The number of halogens is 1. The number of nitrogens with two attached hydrogens (primary N) is 1. The molecule has 1 fully saturated rings. The maximum atomic E-state index is 11.5. The van der Waals surface area contributed by atoms with E-state index < -0.39 is 0 Å². The minimum Gasteiger partial charge on any atom is -0.465 e. The van der Waals surface area contributed by atoms with Gasteiger partial charge in [-0.05, 0) is 30.5 Å². The van der Waals surface area contributed by atoms with E-state index in [1.54, 1.807) is 12.1 Å². The predicted molar refractivity (Wildman–Crippen MR) is 98.5 cm³/mol. The van der Waals surface area contributed by atoms with Gasteiger partial charge in [-0.25, -0.2) is 9.79 Å². The molecule has 0 aromatic heterocycles. The Kier molecular flexibility index (Phi) is 8.22. The highest BCUT2D eigenvalue weighted by atomic mass is 127. The first-order valence-corrected chi connectivity index (χ1v) is 7.43. The molecule has 1 aromatic rings. The second kappa shape index (κ2) is 9.66. The summed E-state index contributed by atoms with van der Waals surface area (Å²) in [4.78, 5) is 15.8. The van der Waals surface area contributed by atoms with Crippen molar-refractivity contribution in [2.75, 3.05) is 7.11 Å². The van der Waals surface area contributed by atoms with Gasteiger partial charge in [0.1, 0.15) is 0 Å². The highest BCUT2D eigenvalue weighted by Crippen LogP contribution is 2.17. The van der Waals surface area contributed by atoms with E-state index in [1.807, 2.05) is 12.1 Å². The quantitative estimate of drug-likeness (QED) is 0.342. The van der Waals surface area contributed by atoms with Crippen molar-refractivity contribution in [3.05, 3.63) is 35.4 Å². The molecule has 1 aromatic carbocycles. The number of methoxy groups -OCH3 is 1. The van der Waals surface area contributed by atoms with E-state index in [1.165, 1.54) is 26.4 Å². The third-order valence-electron chi connectivity index (χ3n) is 3.74. The summed E-state index contributed by atoms with van der Waals surface area (Å²) in [5.41, 5.74) is 7.39. The molecule has 0 radical (unpaired) electrons. The lowest BCUT2D eigenvalue weighted by molar-refractivity contribution is 0.0600. The van der Waals surface area contributed by atoms with E-state index in [9.17, 15) is 4.79 Å². The van der Waals surface area contributed by atoms with Crippen LogP contribution in [0.25, 0.3) is 0 Å². The van der Waals surface area contributed by atoms with Crippen molar-refractivity contribution in [3.63, 3.8) is 0 Å². The van der Waals surface area contributed by atoms with Gasteiger partial charge < -0.3 is 15.8 Å². The summed E-state index contributed by atoms with van der Waals surface area (Å²) in [6, 6.07) is 7.70. The Hall–Kier alpha value is -1.31. The second-order valence-corrected chi connectivity index (χ2v) is 5.37. The number of esters is 1. The Morgan fingerprint density at radius 3 is 2.77 bits per heavy atom. The number of carbonyl (C=O) groups is 1. The van der Waals surface area contributed by atoms with Gasteiger partial charge in [0.2, 0.25) is 0 Å². The van der Waals surface area contributed by atoms with Gasteiger partial charge in [0, 0.05) is 6.04 Å². The first kappa shape index (κ1) is 18.7. The molecule has 122 valence electrons. The summed E-state index contributed by atoms with van der Waals surface area (Å²) in [7, 11) is 1.37. The summed E-state index contributed by atoms with van der Waals surface area (Å²) >= 11 is 0.